The lowest BCUT2D eigenvalue weighted by molar-refractivity contribution is 0.142. The molecule has 0 aliphatic heterocycles. The second-order valence-corrected chi connectivity index (χ2v) is 3.14. The standard InChI is InChI=1S/C7H8BrF2N3/c8-5-3-13-7(4-12-5)11-2-1-6(9)10/h3-4,6H,1-2H2,(H,11,13). The van der Waals surface area contributed by atoms with Crippen molar-refractivity contribution in [1.82, 2.24) is 9.97 Å². The highest BCUT2D eigenvalue weighted by Gasteiger charge is 2.01. The maximum Gasteiger partial charge on any atom is 0.240 e. The first-order chi connectivity index (χ1) is 6.18. The molecule has 3 nitrogen and oxygen atoms in total. The molecule has 13 heavy (non-hydrogen) atoms. The zero-order valence-corrected chi connectivity index (χ0v) is 8.26. The van der Waals surface area contributed by atoms with Crippen molar-refractivity contribution < 1.29 is 8.78 Å². The summed E-state index contributed by atoms with van der Waals surface area (Å²) in [4.78, 5) is 7.79. The summed E-state index contributed by atoms with van der Waals surface area (Å²) in [7, 11) is 0. The molecule has 1 heterocycles. The van der Waals surface area contributed by atoms with Crippen molar-refractivity contribution in [3.8, 4) is 0 Å². The van der Waals surface area contributed by atoms with Gasteiger partial charge in [0.2, 0.25) is 6.43 Å². The van der Waals surface area contributed by atoms with Crippen molar-refractivity contribution >= 4 is 21.7 Å². The normalized spacial score (nSPS) is 10.5. The van der Waals surface area contributed by atoms with E-state index in [1.807, 2.05) is 0 Å². The van der Waals surface area contributed by atoms with Gasteiger partial charge in [0.15, 0.2) is 0 Å². The van der Waals surface area contributed by atoms with Gasteiger partial charge >= 0.3 is 0 Å². The molecule has 0 atom stereocenters. The number of hydrogen-bond acceptors (Lipinski definition) is 3. The molecule has 0 amide bonds. The third kappa shape index (κ3) is 4.12. The molecule has 1 aromatic heterocycles. The molecule has 72 valence electrons. The van der Waals surface area contributed by atoms with Crippen LogP contribution in [0.3, 0.4) is 0 Å². The molecule has 0 unspecified atom stereocenters. The molecule has 1 aromatic rings. The van der Waals surface area contributed by atoms with Crippen LogP contribution in [-0.4, -0.2) is 22.9 Å². The van der Waals surface area contributed by atoms with E-state index in [4.69, 9.17) is 0 Å². The van der Waals surface area contributed by atoms with E-state index >= 15 is 0 Å². The van der Waals surface area contributed by atoms with Crippen LogP contribution < -0.4 is 5.32 Å². The zero-order valence-electron chi connectivity index (χ0n) is 6.67. The molecule has 0 saturated heterocycles. The molecule has 0 aromatic carbocycles. The monoisotopic (exact) mass is 251 g/mol. The van der Waals surface area contributed by atoms with Gasteiger partial charge in [0, 0.05) is 13.0 Å². The van der Waals surface area contributed by atoms with Crippen molar-refractivity contribution in [1.29, 1.82) is 0 Å². The van der Waals surface area contributed by atoms with E-state index in [0.717, 1.165) is 0 Å². The van der Waals surface area contributed by atoms with Crippen LogP contribution in [0.15, 0.2) is 17.0 Å². The molecular weight excluding hydrogens is 244 g/mol. The third-order valence-corrected chi connectivity index (χ3v) is 1.70. The minimum Gasteiger partial charge on any atom is -0.369 e. The minimum absolute atomic E-state index is 0.183. The SMILES string of the molecule is FC(F)CCNc1cnc(Br)cn1. The fraction of sp³-hybridized carbons (Fsp3) is 0.429. The molecule has 6 heteroatoms. The van der Waals surface area contributed by atoms with Crippen LogP contribution in [0.25, 0.3) is 0 Å². The highest BCUT2D eigenvalue weighted by molar-refractivity contribution is 9.10. The average Bonchev–Trinajstić information content (AvgIpc) is 2.08. The smallest absolute Gasteiger partial charge is 0.240 e. The number of aromatic nitrogens is 2. The predicted molar refractivity (Wildman–Crippen MR) is 48.8 cm³/mol. The van der Waals surface area contributed by atoms with E-state index in [1.165, 1.54) is 12.4 Å². The second-order valence-electron chi connectivity index (χ2n) is 2.33. The van der Waals surface area contributed by atoms with Crippen molar-refractivity contribution in [2.45, 2.75) is 12.8 Å². The Kier molecular flexibility index (Phi) is 4.01. The summed E-state index contributed by atoms with van der Waals surface area (Å²) >= 11 is 3.12. The van der Waals surface area contributed by atoms with E-state index in [-0.39, 0.29) is 13.0 Å². The minimum atomic E-state index is -2.28. The van der Waals surface area contributed by atoms with E-state index in [1.54, 1.807) is 0 Å². The first-order valence-corrected chi connectivity index (χ1v) is 4.47. The van der Waals surface area contributed by atoms with Crippen LogP contribution >= 0.6 is 15.9 Å². The van der Waals surface area contributed by atoms with Gasteiger partial charge in [0.25, 0.3) is 0 Å². The van der Waals surface area contributed by atoms with E-state index in [9.17, 15) is 8.78 Å². The molecule has 1 N–H and O–H groups in total. The van der Waals surface area contributed by atoms with Crippen molar-refractivity contribution in [2.24, 2.45) is 0 Å². The molecular formula is C7H8BrF2N3. The first-order valence-electron chi connectivity index (χ1n) is 3.68. The maximum absolute atomic E-state index is 11.7. The van der Waals surface area contributed by atoms with E-state index < -0.39 is 6.43 Å². The van der Waals surface area contributed by atoms with Crippen LogP contribution in [-0.2, 0) is 0 Å². The molecule has 0 radical (unpaired) electrons. The quantitative estimate of drug-likeness (QED) is 0.893. The number of hydrogen-bond donors (Lipinski definition) is 1. The number of nitrogens with one attached hydrogen (secondary N) is 1. The fourth-order valence-electron chi connectivity index (χ4n) is 0.713. The van der Waals surface area contributed by atoms with Crippen LogP contribution in [0.5, 0.6) is 0 Å². The molecule has 0 aliphatic carbocycles. The summed E-state index contributed by atoms with van der Waals surface area (Å²) in [6, 6.07) is 0. The zero-order chi connectivity index (χ0) is 9.68. The lowest BCUT2D eigenvalue weighted by Gasteiger charge is -2.03. The summed E-state index contributed by atoms with van der Waals surface area (Å²) in [5, 5.41) is 2.73. The number of nitrogens with zero attached hydrogens (tertiary/aromatic N) is 2. The van der Waals surface area contributed by atoms with Gasteiger partial charge in [-0.2, -0.15) is 0 Å². The van der Waals surface area contributed by atoms with Crippen molar-refractivity contribution in [2.75, 3.05) is 11.9 Å². The first kappa shape index (κ1) is 10.3. The number of halogens is 3. The Labute approximate surface area is 82.7 Å². The Bertz CT molecular complexity index is 252. The topological polar surface area (TPSA) is 37.8 Å². The van der Waals surface area contributed by atoms with Gasteiger partial charge in [-0.05, 0) is 15.9 Å². The van der Waals surface area contributed by atoms with Crippen LogP contribution in [0.2, 0.25) is 0 Å². The number of anilines is 1. The van der Waals surface area contributed by atoms with Crippen molar-refractivity contribution in [3.63, 3.8) is 0 Å². The summed E-state index contributed by atoms with van der Waals surface area (Å²) in [5.41, 5.74) is 0. The Balaban J connectivity index is 2.33. The molecule has 0 spiro atoms. The number of rotatable bonds is 4. The summed E-state index contributed by atoms with van der Waals surface area (Å²) in [5.74, 6) is 0.504. The van der Waals surface area contributed by atoms with Crippen molar-refractivity contribution in [3.05, 3.63) is 17.0 Å². The fourth-order valence-corrected chi connectivity index (χ4v) is 0.918. The van der Waals surface area contributed by atoms with Gasteiger partial charge < -0.3 is 5.32 Å². The molecule has 1 rings (SSSR count). The molecule has 0 fully saturated rings. The summed E-state index contributed by atoms with van der Waals surface area (Å²) in [6.45, 7) is 0.202. The Morgan fingerprint density at radius 2 is 2.15 bits per heavy atom. The molecule has 0 bridgehead atoms. The van der Waals surface area contributed by atoms with Gasteiger partial charge in [-0.3, -0.25) is 0 Å². The van der Waals surface area contributed by atoms with Gasteiger partial charge in [0.1, 0.15) is 10.4 Å². The summed E-state index contributed by atoms with van der Waals surface area (Å²) < 4.78 is 24.1. The Hall–Kier alpha value is -0.780. The van der Waals surface area contributed by atoms with Crippen LogP contribution in [0, 0.1) is 0 Å². The van der Waals surface area contributed by atoms with E-state index in [0.29, 0.717) is 10.4 Å². The largest absolute Gasteiger partial charge is 0.369 e. The highest BCUT2D eigenvalue weighted by atomic mass is 79.9. The lowest BCUT2D eigenvalue weighted by atomic mass is 10.4. The van der Waals surface area contributed by atoms with Crippen LogP contribution in [0.1, 0.15) is 6.42 Å². The van der Waals surface area contributed by atoms with Gasteiger partial charge in [0.05, 0.1) is 12.4 Å². The second kappa shape index (κ2) is 5.06. The van der Waals surface area contributed by atoms with Gasteiger partial charge in [-0.25, -0.2) is 18.7 Å². The number of alkyl halides is 2. The third-order valence-electron chi connectivity index (χ3n) is 1.29. The predicted octanol–water partition coefficient (Wildman–Crippen LogP) is 2.31. The van der Waals surface area contributed by atoms with E-state index in [2.05, 4.69) is 31.2 Å². The van der Waals surface area contributed by atoms with Gasteiger partial charge in [-0.15, -0.1) is 0 Å². The molecule has 0 aliphatic rings. The Morgan fingerprint density at radius 1 is 1.38 bits per heavy atom. The molecule has 0 saturated carbocycles. The Morgan fingerprint density at radius 3 is 2.69 bits per heavy atom. The summed E-state index contributed by atoms with van der Waals surface area (Å²) in [6.07, 6.45) is 0.522. The highest BCUT2D eigenvalue weighted by Crippen LogP contribution is 2.06. The van der Waals surface area contributed by atoms with Crippen LogP contribution in [0.4, 0.5) is 14.6 Å². The van der Waals surface area contributed by atoms with Gasteiger partial charge in [-0.1, -0.05) is 0 Å². The lowest BCUT2D eigenvalue weighted by Crippen LogP contribution is -2.07. The maximum atomic E-state index is 11.7. The average molecular weight is 252 g/mol.